The molecule has 28 heavy (non-hydrogen) atoms. The normalized spacial score (nSPS) is 10.7. The summed E-state index contributed by atoms with van der Waals surface area (Å²) in [6.07, 6.45) is 0. The first-order valence-corrected chi connectivity index (χ1v) is 9.37. The summed E-state index contributed by atoms with van der Waals surface area (Å²) >= 11 is 1.18. The maximum Gasteiger partial charge on any atom is 0.271 e. The Hall–Kier alpha value is -3.27. The van der Waals surface area contributed by atoms with Gasteiger partial charge >= 0.3 is 0 Å². The van der Waals surface area contributed by atoms with E-state index in [0.717, 1.165) is 22.4 Å². The number of nitro groups is 1. The molecule has 3 aromatic rings. The fourth-order valence-corrected chi connectivity index (χ4v) is 3.15. The third-order valence-electron chi connectivity index (χ3n) is 4.21. The Balaban J connectivity index is 1.69. The van der Waals surface area contributed by atoms with Gasteiger partial charge in [0.25, 0.3) is 5.69 Å². The maximum absolute atomic E-state index is 12.3. The molecule has 0 unspecified atom stereocenters. The minimum atomic E-state index is -0.498. The highest BCUT2D eigenvalue weighted by Gasteiger charge is 2.14. The number of thioether (sulfide) groups is 1. The Kier molecular flexibility index (Phi) is 5.69. The van der Waals surface area contributed by atoms with Crippen molar-refractivity contribution in [2.45, 2.75) is 25.9 Å². The number of tetrazole rings is 1. The van der Waals surface area contributed by atoms with Crippen LogP contribution >= 0.6 is 11.8 Å². The van der Waals surface area contributed by atoms with Crippen molar-refractivity contribution in [1.82, 2.24) is 20.2 Å². The third-order valence-corrected chi connectivity index (χ3v) is 5.13. The van der Waals surface area contributed by atoms with E-state index >= 15 is 0 Å². The fraction of sp³-hybridized carbons (Fsp3) is 0.222. The Labute approximate surface area is 165 Å². The van der Waals surface area contributed by atoms with Crippen LogP contribution in [0.3, 0.4) is 0 Å². The van der Waals surface area contributed by atoms with Crippen molar-refractivity contribution in [3.63, 3.8) is 0 Å². The number of nitrogens with zero attached hydrogens (tertiary/aromatic N) is 5. The molecule has 0 aliphatic rings. The van der Waals surface area contributed by atoms with E-state index in [1.54, 1.807) is 17.7 Å². The van der Waals surface area contributed by atoms with Gasteiger partial charge in [-0.25, -0.2) is 0 Å². The second-order valence-electron chi connectivity index (χ2n) is 6.24. The summed E-state index contributed by atoms with van der Waals surface area (Å²) in [5, 5.41) is 25.8. The van der Waals surface area contributed by atoms with E-state index in [1.165, 1.54) is 23.9 Å². The van der Waals surface area contributed by atoms with E-state index < -0.39 is 4.92 Å². The summed E-state index contributed by atoms with van der Waals surface area (Å²) in [6, 6.07) is 10.2. The second kappa shape index (κ2) is 8.17. The first-order chi connectivity index (χ1) is 13.3. The lowest BCUT2D eigenvalue weighted by molar-refractivity contribution is -0.384. The Morgan fingerprint density at radius 2 is 1.89 bits per heavy atom. The molecule has 0 atom stereocenters. The number of aromatic nitrogens is 4. The summed E-state index contributed by atoms with van der Waals surface area (Å²) in [5.74, 6) is -0.240. The monoisotopic (exact) mass is 398 g/mol. The molecule has 0 fully saturated rings. The summed E-state index contributed by atoms with van der Waals surface area (Å²) in [4.78, 5) is 22.7. The standard InChI is InChI=1S/C18H18N6O3S/c1-11-4-6-14(8-13(11)3)23-18(20-21-22-23)28-10-17(25)19-16-9-15(24(26)27)7-5-12(16)2/h4-9H,10H2,1-3H3,(H,19,25). The zero-order valence-corrected chi connectivity index (χ0v) is 16.4. The molecule has 10 heteroatoms. The van der Waals surface area contributed by atoms with Crippen LogP contribution in [-0.4, -0.2) is 36.8 Å². The van der Waals surface area contributed by atoms with Gasteiger partial charge in [-0.2, -0.15) is 4.68 Å². The molecule has 0 saturated carbocycles. The largest absolute Gasteiger partial charge is 0.325 e. The van der Waals surface area contributed by atoms with Gasteiger partial charge in [-0.3, -0.25) is 14.9 Å². The first kappa shape index (κ1) is 19.5. The van der Waals surface area contributed by atoms with Gasteiger partial charge in [0.15, 0.2) is 0 Å². The minimum Gasteiger partial charge on any atom is -0.325 e. The van der Waals surface area contributed by atoms with Gasteiger partial charge in [-0.05, 0) is 60.0 Å². The number of hydrogen-bond donors (Lipinski definition) is 1. The summed E-state index contributed by atoms with van der Waals surface area (Å²) in [7, 11) is 0. The highest BCUT2D eigenvalue weighted by molar-refractivity contribution is 7.99. The van der Waals surface area contributed by atoms with Crippen LogP contribution in [0.15, 0.2) is 41.6 Å². The molecule has 0 saturated heterocycles. The SMILES string of the molecule is Cc1ccc(-n2nnnc2SCC(=O)Nc2cc([N+](=O)[O-])ccc2C)cc1C. The third kappa shape index (κ3) is 4.34. The van der Waals surface area contributed by atoms with Gasteiger partial charge in [0, 0.05) is 12.1 Å². The summed E-state index contributed by atoms with van der Waals surface area (Å²) in [5.41, 5.74) is 4.16. The number of hydrogen-bond acceptors (Lipinski definition) is 7. The van der Waals surface area contributed by atoms with Gasteiger partial charge in [0.05, 0.1) is 22.1 Å². The molecule has 0 bridgehead atoms. The van der Waals surface area contributed by atoms with Crippen molar-refractivity contribution in [2.75, 3.05) is 11.1 Å². The lowest BCUT2D eigenvalue weighted by Gasteiger charge is -2.09. The van der Waals surface area contributed by atoms with E-state index in [2.05, 4.69) is 20.8 Å². The van der Waals surface area contributed by atoms with Crippen molar-refractivity contribution in [2.24, 2.45) is 0 Å². The molecule has 0 radical (unpaired) electrons. The number of nitro benzene ring substituents is 1. The number of amides is 1. The van der Waals surface area contributed by atoms with Crippen molar-refractivity contribution >= 4 is 29.0 Å². The molecule has 0 aliphatic carbocycles. The van der Waals surface area contributed by atoms with Crippen molar-refractivity contribution in [3.05, 3.63) is 63.2 Å². The van der Waals surface area contributed by atoms with Crippen LogP contribution in [0.2, 0.25) is 0 Å². The van der Waals surface area contributed by atoms with Crippen molar-refractivity contribution in [1.29, 1.82) is 0 Å². The van der Waals surface area contributed by atoms with E-state index in [-0.39, 0.29) is 17.3 Å². The van der Waals surface area contributed by atoms with Crippen LogP contribution in [0, 0.1) is 30.9 Å². The smallest absolute Gasteiger partial charge is 0.271 e. The number of rotatable bonds is 6. The van der Waals surface area contributed by atoms with Crippen LogP contribution < -0.4 is 5.32 Å². The lowest BCUT2D eigenvalue weighted by atomic mass is 10.1. The van der Waals surface area contributed by atoms with Crippen molar-refractivity contribution in [3.8, 4) is 5.69 Å². The Bertz CT molecular complexity index is 1050. The lowest BCUT2D eigenvalue weighted by Crippen LogP contribution is -2.15. The van der Waals surface area contributed by atoms with E-state index in [1.807, 2.05) is 32.0 Å². The Morgan fingerprint density at radius 3 is 2.61 bits per heavy atom. The zero-order chi connectivity index (χ0) is 20.3. The topological polar surface area (TPSA) is 116 Å². The zero-order valence-electron chi connectivity index (χ0n) is 15.5. The molecule has 1 N–H and O–H groups in total. The molecule has 1 amide bonds. The number of carbonyl (C=O) groups is 1. The molecule has 0 spiro atoms. The van der Waals surface area contributed by atoms with Gasteiger partial charge in [0.2, 0.25) is 11.1 Å². The number of nitrogens with one attached hydrogen (secondary N) is 1. The predicted molar refractivity (Wildman–Crippen MR) is 106 cm³/mol. The minimum absolute atomic E-state index is 0.0628. The Morgan fingerprint density at radius 1 is 1.14 bits per heavy atom. The molecule has 1 aromatic heterocycles. The number of benzene rings is 2. The average molecular weight is 398 g/mol. The molecular weight excluding hydrogens is 380 g/mol. The molecule has 1 heterocycles. The van der Waals surface area contributed by atoms with Crippen LogP contribution in [0.5, 0.6) is 0 Å². The predicted octanol–water partition coefficient (Wildman–Crippen LogP) is 3.23. The summed E-state index contributed by atoms with van der Waals surface area (Å²) in [6.45, 7) is 5.80. The van der Waals surface area contributed by atoms with E-state index in [0.29, 0.717) is 10.8 Å². The highest BCUT2D eigenvalue weighted by atomic mass is 32.2. The second-order valence-corrected chi connectivity index (χ2v) is 7.18. The van der Waals surface area contributed by atoms with Gasteiger partial charge in [0.1, 0.15) is 0 Å². The van der Waals surface area contributed by atoms with E-state index in [4.69, 9.17) is 0 Å². The van der Waals surface area contributed by atoms with Gasteiger partial charge in [-0.1, -0.05) is 23.9 Å². The highest BCUT2D eigenvalue weighted by Crippen LogP contribution is 2.23. The molecule has 9 nitrogen and oxygen atoms in total. The van der Waals surface area contributed by atoms with Crippen LogP contribution in [0.4, 0.5) is 11.4 Å². The van der Waals surface area contributed by atoms with Crippen LogP contribution in [-0.2, 0) is 4.79 Å². The molecule has 144 valence electrons. The fourth-order valence-electron chi connectivity index (χ4n) is 2.46. The van der Waals surface area contributed by atoms with Gasteiger partial charge < -0.3 is 5.32 Å². The number of non-ortho nitro benzene ring substituents is 1. The summed E-state index contributed by atoms with van der Waals surface area (Å²) < 4.78 is 1.57. The molecule has 2 aromatic carbocycles. The van der Waals surface area contributed by atoms with Crippen LogP contribution in [0.1, 0.15) is 16.7 Å². The molecule has 0 aliphatic heterocycles. The number of aryl methyl sites for hydroxylation is 3. The van der Waals surface area contributed by atoms with Gasteiger partial charge in [-0.15, -0.1) is 5.10 Å². The first-order valence-electron chi connectivity index (χ1n) is 8.39. The number of carbonyl (C=O) groups excluding carboxylic acids is 1. The molecular formula is C18H18N6O3S. The maximum atomic E-state index is 12.3. The van der Waals surface area contributed by atoms with Crippen molar-refractivity contribution < 1.29 is 9.72 Å². The molecule has 3 rings (SSSR count). The average Bonchev–Trinajstić information content (AvgIpc) is 3.12. The van der Waals surface area contributed by atoms with Crippen LogP contribution in [0.25, 0.3) is 5.69 Å². The van der Waals surface area contributed by atoms with E-state index in [9.17, 15) is 14.9 Å². The quantitative estimate of drug-likeness (QED) is 0.385. The number of anilines is 1.